The summed E-state index contributed by atoms with van der Waals surface area (Å²) in [6.45, 7) is 11.4. The fourth-order valence-electron chi connectivity index (χ4n) is 6.18. The van der Waals surface area contributed by atoms with Gasteiger partial charge in [0.1, 0.15) is 5.60 Å². The molecule has 0 radical (unpaired) electrons. The van der Waals surface area contributed by atoms with Crippen LogP contribution in [0, 0.1) is 22.7 Å². The van der Waals surface area contributed by atoms with Crippen LogP contribution in [0.3, 0.4) is 0 Å². The van der Waals surface area contributed by atoms with Crippen molar-refractivity contribution in [2.45, 2.75) is 78.4 Å². The van der Waals surface area contributed by atoms with Gasteiger partial charge in [-0.15, -0.1) is 0 Å². The summed E-state index contributed by atoms with van der Waals surface area (Å²) in [5.74, 6) is 1.97. The van der Waals surface area contributed by atoms with Gasteiger partial charge >= 0.3 is 0 Å². The van der Waals surface area contributed by atoms with Crippen molar-refractivity contribution in [3.05, 3.63) is 11.8 Å². The maximum absolute atomic E-state index is 10.9. The lowest BCUT2D eigenvalue weighted by Crippen LogP contribution is -2.63. The average molecular weight is 278 g/mol. The van der Waals surface area contributed by atoms with Gasteiger partial charge in [-0.25, -0.2) is 0 Å². The highest BCUT2D eigenvalue weighted by atomic mass is 16.5. The van der Waals surface area contributed by atoms with Gasteiger partial charge in [0.05, 0.1) is 11.9 Å². The zero-order valence-electron chi connectivity index (χ0n) is 13.7. The molecule has 2 nitrogen and oxygen atoms in total. The molecule has 20 heavy (non-hydrogen) atoms. The van der Waals surface area contributed by atoms with Crippen molar-refractivity contribution >= 4 is 0 Å². The van der Waals surface area contributed by atoms with Gasteiger partial charge in [-0.3, -0.25) is 0 Å². The molecule has 0 aromatic heterocycles. The van der Waals surface area contributed by atoms with Crippen LogP contribution in [0.2, 0.25) is 0 Å². The Bertz CT molecular complexity index is 439. The molecule has 0 aromatic rings. The predicted molar refractivity (Wildman–Crippen MR) is 81.2 cm³/mol. The van der Waals surface area contributed by atoms with Crippen LogP contribution < -0.4 is 0 Å². The van der Waals surface area contributed by atoms with Gasteiger partial charge in [-0.1, -0.05) is 27.2 Å². The summed E-state index contributed by atoms with van der Waals surface area (Å²) >= 11 is 0. The van der Waals surface area contributed by atoms with Crippen LogP contribution in [0.1, 0.15) is 66.7 Å². The van der Waals surface area contributed by atoms with E-state index in [1.807, 2.05) is 6.92 Å². The Morgan fingerprint density at radius 1 is 1.20 bits per heavy atom. The molecule has 0 aromatic carbocycles. The summed E-state index contributed by atoms with van der Waals surface area (Å²) in [5, 5.41) is 10.9. The van der Waals surface area contributed by atoms with Crippen LogP contribution in [0.5, 0.6) is 0 Å². The van der Waals surface area contributed by atoms with Crippen molar-refractivity contribution in [2.75, 3.05) is 0 Å². The number of rotatable bonds is 0. The average Bonchev–Trinajstić information content (AvgIpc) is 2.24. The minimum atomic E-state index is -0.234. The van der Waals surface area contributed by atoms with Crippen LogP contribution in [-0.4, -0.2) is 16.8 Å². The number of hydrogen-bond donors (Lipinski definition) is 1. The van der Waals surface area contributed by atoms with E-state index < -0.39 is 0 Å². The molecule has 0 bridgehead atoms. The number of allylic oxidation sites excluding steroid dienone is 2. The molecule has 0 amide bonds. The van der Waals surface area contributed by atoms with Crippen LogP contribution in [-0.2, 0) is 4.74 Å². The summed E-state index contributed by atoms with van der Waals surface area (Å²) in [4.78, 5) is 0. The first-order valence-corrected chi connectivity index (χ1v) is 8.23. The lowest BCUT2D eigenvalue weighted by Gasteiger charge is -2.64. The van der Waals surface area contributed by atoms with Crippen molar-refractivity contribution < 1.29 is 9.84 Å². The molecule has 2 aliphatic carbocycles. The Labute approximate surface area is 123 Å². The number of ether oxygens (including phenoxy) is 1. The third-order valence-electron chi connectivity index (χ3n) is 6.66. The van der Waals surface area contributed by atoms with Gasteiger partial charge in [0.15, 0.2) is 0 Å². The van der Waals surface area contributed by atoms with E-state index in [1.165, 1.54) is 19.3 Å². The van der Waals surface area contributed by atoms with Crippen LogP contribution in [0.15, 0.2) is 11.8 Å². The van der Waals surface area contributed by atoms with Crippen molar-refractivity contribution in [1.29, 1.82) is 0 Å². The molecule has 1 N–H and O–H groups in total. The SMILES string of the molecule is CC1=CC[C@@H]2[C@@]3(C)CCCC(C)(C)[C@@H]3[C@@H](O)C[C@@]2(C)O1. The van der Waals surface area contributed by atoms with E-state index in [0.717, 1.165) is 18.6 Å². The first kappa shape index (κ1) is 14.4. The lowest BCUT2D eigenvalue weighted by molar-refractivity contribution is -0.223. The molecule has 1 heterocycles. The molecule has 114 valence electrons. The Kier molecular flexibility index (Phi) is 3.07. The topological polar surface area (TPSA) is 29.5 Å². The molecule has 2 heteroatoms. The number of aliphatic hydroxyl groups excluding tert-OH is 1. The summed E-state index contributed by atoms with van der Waals surface area (Å²) in [6, 6.07) is 0. The standard InChI is InChI=1S/C18H30O2/c1-12-7-8-14-17(4)10-6-9-16(2,3)15(17)13(19)11-18(14,5)20-12/h7,13-15,19H,6,8-11H2,1-5H3/t13-,14+,15-,17+,18+/m0/s1. The highest BCUT2D eigenvalue weighted by Crippen LogP contribution is 2.64. The normalized spacial score (nSPS) is 50.5. The largest absolute Gasteiger partial charge is 0.492 e. The molecular weight excluding hydrogens is 248 g/mol. The molecular formula is C18H30O2. The summed E-state index contributed by atoms with van der Waals surface area (Å²) < 4.78 is 6.23. The fraction of sp³-hybridized carbons (Fsp3) is 0.889. The van der Waals surface area contributed by atoms with Crippen molar-refractivity contribution in [3.63, 3.8) is 0 Å². The highest BCUT2D eigenvalue weighted by molar-refractivity contribution is 5.16. The quantitative estimate of drug-likeness (QED) is 0.716. The zero-order valence-corrected chi connectivity index (χ0v) is 13.7. The number of fused-ring (bicyclic) bond motifs is 3. The van der Waals surface area contributed by atoms with E-state index in [2.05, 4.69) is 33.8 Å². The second-order valence-corrected chi connectivity index (χ2v) is 8.61. The molecule has 3 aliphatic rings. The van der Waals surface area contributed by atoms with Crippen LogP contribution in [0.25, 0.3) is 0 Å². The maximum atomic E-state index is 10.9. The smallest absolute Gasteiger partial charge is 0.112 e. The second-order valence-electron chi connectivity index (χ2n) is 8.61. The van der Waals surface area contributed by atoms with E-state index in [0.29, 0.717) is 11.8 Å². The molecule has 1 aliphatic heterocycles. The van der Waals surface area contributed by atoms with E-state index in [9.17, 15) is 5.11 Å². The Morgan fingerprint density at radius 3 is 2.60 bits per heavy atom. The summed E-state index contributed by atoms with van der Waals surface area (Å²) in [7, 11) is 0. The molecule has 5 atom stereocenters. The minimum Gasteiger partial charge on any atom is -0.492 e. The third kappa shape index (κ3) is 1.87. The van der Waals surface area contributed by atoms with E-state index >= 15 is 0 Å². The van der Waals surface area contributed by atoms with Gasteiger partial charge in [-0.05, 0) is 55.9 Å². The van der Waals surface area contributed by atoms with E-state index in [-0.39, 0.29) is 22.5 Å². The lowest BCUT2D eigenvalue weighted by atomic mass is 9.44. The first-order valence-electron chi connectivity index (χ1n) is 8.23. The second kappa shape index (κ2) is 4.25. The van der Waals surface area contributed by atoms with Crippen molar-refractivity contribution in [3.8, 4) is 0 Å². The summed E-state index contributed by atoms with van der Waals surface area (Å²) in [6.07, 6.45) is 7.67. The number of hydrogen-bond acceptors (Lipinski definition) is 2. The molecule has 2 saturated carbocycles. The third-order valence-corrected chi connectivity index (χ3v) is 6.66. The highest BCUT2D eigenvalue weighted by Gasteiger charge is 2.62. The van der Waals surface area contributed by atoms with Gasteiger partial charge < -0.3 is 9.84 Å². The van der Waals surface area contributed by atoms with Crippen LogP contribution >= 0.6 is 0 Å². The molecule has 0 spiro atoms. The van der Waals surface area contributed by atoms with Gasteiger partial charge in [0.25, 0.3) is 0 Å². The van der Waals surface area contributed by atoms with Gasteiger partial charge in [0.2, 0.25) is 0 Å². The maximum Gasteiger partial charge on any atom is 0.112 e. The van der Waals surface area contributed by atoms with Crippen LogP contribution in [0.4, 0.5) is 0 Å². The molecule has 3 rings (SSSR count). The first-order chi connectivity index (χ1) is 9.19. The van der Waals surface area contributed by atoms with Gasteiger partial charge in [-0.2, -0.15) is 0 Å². The zero-order chi connectivity index (χ0) is 14.8. The van der Waals surface area contributed by atoms with Gasteiger partial charge in [0, 0.05) is 12.3 Å². The summed E-state index contributed by atoms with van der Waals surface area (Å²) in [5.41, 5.74) is 0.256. The molecule has 0 saturated heterocycles. The van der Waals surface area contributed by atoms with E-state index in [1.54, 1.807) is 0 Å². The monoisotopic (exact) mass is 278 g/mol. The Hall–Kier alpha value is -0.500. The molecule has 2 fully saturated rings. The predicted octanol–water partition coefficient (Wildman–Crippen LogP) is 4.28. The molecule has 0 unspecified atom stereocenters. The van der Waals surface area contributed by atoms with Crippen molar-refractivity contribution in [2.24, 2.45) is 22.7 Å². The Morgan fingerprint density at radius 2 is 1.90 bits per heavy atom. The van der Waals surface area contributed by atoms with E-state index in [4.69, 9.17) is 4.74 Å². The fourth-order valence-corrected chi connectivity index (χ4v) is 6.18. The minimum absolute atomic E-state index is 0.184. The number of aliphatic hydroxyl groups is 1. The van der Waals surface area contributed by atoms with Crippen molar-refractivity contribution in [1.82, 2.24) is 0 Å². The Balaban J connectivity index is 2.05.